The van der Waals surface area contributed by atoms with Crippen molar-refractivity contribution >= 4 is 23.2 Å². The molecule has 32 heavy (non-hydrogen) atoms. The maximum Gasteiger partial charge on any atom is 0.290 e. The second-order valence-electron chi connectivity index (χ2n) is 8.07. The molecule has 0 saturated carbocycles. The van der Waals surface area contributed by atoms with E-state index in [1.165, 1.54) is 6.26 Å². The molecular weight excluding hydrogens is 428 g/mol. The Kier molecular flexibility index (Phi) is 6.80. The summed E-state index contributed by atoms with van der Waals surface area (Å²) in [6, 6.07) is 13.0. The highest BCUT2D eigenvalue weighted by Crippen LogP contribution is 2.33. The highest BCUT2D eigenvalue weighted by atomic mass is 32.1. The molecule has 0 bridgehead atoms. The van der Waals surface area contributed by atoms with Crippen molar-refractivity contribution in [2.75, 3.05) is 19.9 Å². The Hall–Kier alpha value is -3.26. The predicted molar refractivity (Wildman–Crippen MR) is 121 cm³/mol. The summed E-state index contributed by atoms with van der Waals surface area (Å²) >= 11 is 1.60. The van der Waals surface area contributed by atoms with Crippen LogP contribution in [0.2, 0.25) is 0 Å². The summed E-state index contributed by atoms with van der Waals surface area (Å²) in [5, 5.41) is 1.99. The molecule has 0 fully saturated rings. The number of ether oxygens (including phenoxy) is 2. The summed E-state index contributed by atoms with van der Waals surface area (Å²) in [6.45, 7) is 5.55. The maximum atomic E-state index is 13.4. The number of rotatable bonds is 9. The third-order valence-electron chi connectivity index (χ3n) is 5.02. The molecule has 2 amide bonds. The van der Waals surface area contributed by atoms with Crippen molar-refractivity contribution in [3.05, 3.63) is 70.3 Å². The van der Waals surface area contributed by atoms with Crippen LogP contribution in [0.4, 0.5) is 0 Å². The van der Waals surface area contributed by atoms with E-state index in [9.17, 15) is 9.59 Å². The van der Waals surface area contributed by atoms with E-state index in [-0.39, 0.29) is 36.8 Å². The largest absolute Gasteiger partial charge is 0.459 e. The number of thiophene rings is 1. The standard InChI is InChI=1S/C24H26N2O5S/c1-17(2)12-26(24(28)21-6-3-9-29-21)15-23(27)25(14-19-5-4-10-32-19)13-18-7-8-20-22(11-18)31-16-30-20/h3-11,17H,12-16H2,1-2H3. The van der Waals surface area contributed by atoms with Gasteiger partial charge in [0.1, 0.15) is 6.54 Å². The zero-order valence-corrected chi connectivity index (χ0v) is 19.0. The van der Waals surface area contributed by atoms with Gasteiger partial charge in [0.15, 0.2) is 17.3 Å². The van der Waals surface area contributed by atoms with Crippen molar-refractivity contribution in [3.63, 3.8) is 0 Å². The van der Waals surface area contributed by atoms with Gasteiger partial charge in [0.25, 0.3) is 5.91 Å². The lowest BCUT2D eigenvalue weighted by Gasteiger charge is -2.28. The first-order valence-corrected chi connectivity index (χ1v) is 11.4. The molecule has 7 nitrogen and oxygen atoms in total. The SMILES string of the molecule is CC(C)CN(CC(=O)N(Cc1ccc2c(c1)OCO2)Cc1cccs1)C(=O)c1ccco1. The monoisotopic (exact) mass is 454 g/mol. The summed E-state index contributed by atoms with van der Waals surface area (Å²) in [4.78, 5) is 30.8. The van der Waals surface area contributed by atoms with Crippen LogP contribution >= 0.6 is 11.3 Å². The van der Waals surface area contributed by atoms with Crippen molar-refractivity contribution in [1.82, 2.24) is 9.80 Å². The number of fused-ring (bicyclic) bond motifs is 1. The summed E-state index contributed by atoms with van der Waals surface area (Å²) in [5.41, 5.74) is 0.937. The van der Waals surface area contributed by atoms with Crippen LogP contribution in [-0.2, 0) is 17.9 Å². The highest BCUT2D eigenvalue weighted by Gasteiger charge is 2.25. The molecule has 1 aliphatic rings. The van der Waals surface area contributed by atoms with Crippen LogP contribution in [0.25, 0.3) is 0 Å². The number of benzene rings is 1. The Bertz CT molecular complexity index is 1050. The molecule has 168 valence electrons. The second kappa shape index (κ2) is 9.91. The molecule has 0 spiro atoms. The number of amides is 2. The van der Waals surface area contributed by atoms with Crippen molar-refractivity contribution in [1.29, 1.82) is 0 Å². The fraction of sp³-hybridized carbons (Fsp3) is 0.333. The average Bonchev–Trinajstić information content (AvgIpc) is 3.54. The van der Waals surface area contributed by atoms with Gasteiger partial charge in [0, 0.05) is 18.0 Å². The molecule has 8 heteroatoms. The second-order valence-corrected chi connectivity index (χ2v) is 9.11. The van der Waals surface area contributed by atoms with Crippen LogP contribution in [0.1, 0.15) is 34.8 Å². The molecule has 0 unspecified atom stereocenters. The summed E-state index contributed by atoms with van der Waals surface area (Å²) < 4.78 is 16.2. The Morgan fingerprint density at radius 3 is 2.59 bits per heavy atom. The number of carbonyl (C=O) groups is 2. The van der Waals surface area contributed by atoms with Gasteiger partial charge in [-0.05, 0) is 47.2 Å². The summed E-state index contributed by atoms with van der Waals surface area (Å²) in [5.74, 6) is 1.42. The molecule has 0 radical (unpaired) electrons. The number of carbonyl (C=O) groups excluding carboxylic acids is 2. The van der Waals surface area contributed by atoms with Gasteiger partial charge >= 0.3 is 0 Å². The topological polar surface area (TPSA) is 72.2 Å². The van der Waals surface area contributed by atoms with E-state index in [1.54, 1.807) is 33.3 Å². The van der Waals surface area contributed by atoms with Crippen LogP contribution < -0.4 is 9.47 Å². The van der Waals surface area contributed by atoms with E-state index >= 15 is 0 Å². The Labute approximate surface area is 191 Å². The fourth-order valence-corrected chi connectivity index (χ4v) is 4.28. The van der Waals surface area contributed by atoms with Crippen LogP contribution in [0.5, 0.6) is 11.5 Å². The molecule has 1 aliphatic heterocycles. The Morgan fingerprint density at radius 1 is 1.03 bits per heavy atom. The predicted octanol–water partition coefficient (Wildman–Crippen LogP) is 4.40. The maximum absolute atomic E-state index is 13.4. The van der Waals surface area contributed by atoms with Crippen LogP contribution in [0.15, 0.2) is 58.5 Å². The summed E-state index contributed by atoms with van der Waals surface area (Å²) in [7, 11) is 0. The van der Waals surface area contributed by atoms with E-state index in [2.05, 4.69) is 0 Å². The Morgan fingerprint density at radius 2 is 1.88 bits per heavy atom. The lowest BCUT2D eigenvalue weighted by Crippen LogP contribution is -2.43. The third-order valence-corrected chi connectivity index (χ3v) is 5.88. The number of hydrogen-bond acceptors (Lipinski definition) is 6. The summed E-state index contributed by atoms with van der Waals surface area (Å²) in [6.07, 6.45) is 1.46. The number of furan rings is 1. The molecular formula is C24H26N2O5S. The molecule has 0 N–H and O–H groups in total. The van der Waals surface area contributed by atoms with Crippen molar-refractivity contribution in [2.45, 2.75) is 26.9 Å². The van der Waals surface area contributed by atoms with Crippen LogP contribution in [-0.4, -0.2) is 41.5 Å². The number of nitrogens with zero attached hydrogens (tertiary/aromatic N) is 2. The van der Waals surface area contributed by atoms with Crippen molar-refractivity contribution in [2.24, 2.45) is 5.92 Å². The van der Waals surface area contributed by atoms with Gasteiger partial charge in [-0.3, -0.25) is 9.59 Å². The van der Waals surface area contributed by atoms with Crippen LogP contribution in [0, 0.1) is 5.92 Å². The zero-order valence-electron chi connectivity index (χ0n) is 18.2. The molecule has 0 atom stereocenters. The number of hydrogen-bond donors (Lipinski definition) is 0. The lowest BCUT2D eigenvalue weighted by molar-refractivity contribution is -0.133. The zero-order chi connectivity index (χ0) is 22.5. The third kappa shape index (κ3) is 5.31. The minimum absolute atomic E-state index is 0.0202. The van der Waals surface area contributed by atoms with E-state index in [0.29, 0.717) is 31.1 Å². The molecule has 4 rings (SSSR count). The van der Waals surface area contributed by atoms with Crippen molar-refractivity contribution in [3.8, 4) is 11.5 Å². The molecule has 0 aliphatic carbocycles. The first-order valence-electron chi connectivity index (χ1n) is 10.5. The van der Waals surface area contributed by atoms with Gasteiger partial charge in [-0.15, -0.1) is 11.3 Å². The normalized spacial score (nSPS) is 12.2. The van der Waals surface area contributed by atoms with E-state index in [0.717, 1.165) is 10.4 Å². The quantitative estimate of drug-likeness (QED) is 0.479. The van der Waals surface area contributed by atoms with Gasteiger partial charge in [0.2, 0.25) is 12.7 Å². The van der Waals surface area contributed by atoms with Crippen LogP contribution in [0.3, 0.4) is 0 Å². The van der Waals surface area contributed by atoms with Gasteiger partial charge < -0.3 is 23.7 Å². The lowest BCUT2D eigenvalue weighted by atomic mass is 10.1. The van der Waals surface area contributed by atoms with Crippen molar-refractivity contribution < 1.29 is 23.5 Å². The smallest absolute Gasteiger partial charge is 0.290 e. The van der Waals surface area contributed by atoms with E-state index in [4.69, 9.17) is 13.9 Å². The molecule has 3 heterocycles. The van der Waals surface area contributed by atoms with Gasteiger partial charge in [-0.2, -0.15) is 0 Å². The molecule has 1 aromatic carbocycles. The van der Waals surface area contributed by atoms with Gasteiger partial charge in [-0.1, -0.05) is 26.0 Å². The molecule has 0 saturated heterocycles. The fourth-order valence-electron chi connectivity index (χ4n) is 3.56. The molecule has 3 aromatic rings. The highest BCUT2D eigenvalue weighted by molar-refractivity contribution is 7.09. The minimum atomic E-state index is -0.281. The van der Waals surface area contributed by atoms with Gasteiger partial charge in [0.05, 0.1) is 12.8 Å². The average molecular weight is 455 g/mol. The minimum Gasteiger partial charge on any atom is -0.459 e. The first kappa shape index (κ1) is 22.0. The van der Waals surface area contributed by atoms with E-state index < -0.39 is 0 Å². The van der Waals surface area contributed by atoms with Gasteiger partial charge in [-0.25, -0.2) is 0 Å². The van der Waals surface area contributed by atoms with E-state index in [1.807, 2.05) is 49.6 Å². The molecule has 2 aromatic heterocycles. The first-order chi connectivity index (χ1) is 15.5. The Balaban J connectivity index is 1.53.